The van der Waals surface area contributed by atoms with Crippen LogP contribution in [0.5, 0.6) is 0 Å². The van der Waals surface area contributed by atoms with Crippen molar-refractivity contribution < 1.29 is 9.32 Å². The summed E-state index contributed by atoms with van der Waals surface area (Å²) in [5.41, 5.74) is 1.31. The predicted octanol–water partition coefficient (Wildman–Crippen LogP) is 2.50. The highest BCUT2D eigenvalue weighted by Gasteiger charge is 2.31. The molecule has 6 nitrogen and oxygen atoms in total. The number of carbonyl (C=O) groups excluding carboxylic acids is 1. The SMILES string of the molecule is CCC[C@H]1CN(C(=O)c2noc(C)n2)CCN1Cc1ccccc1. The van der Waals surface area contributed by atoms with Crippen LogP contribution in [0.25, 0.3) is 0 Å². The molecule has 1 saturated heterocycles. The second-order valence-electron chi connectivity index (χ2n) is 6.29. The number of aromatic nitrogens is 2. The van der Waals surface area contributed by atoms with Gasteiger partial charge in [0.1, 0.15) is 0 Å². The average Bonchev–Trinajstić information content (AvgIpc) is 3.03. The number of rotatable bonds is 5. The zero-order chi connectivity index (χ0) is 16.9. The molecule has 1 aromatic heterocycles. The lowest BCUT2D eigenvalue weighted by atomic mass is 10.0. The highest BCUT2D eigenvalue weighted by atomic mass is 16.5. The van der Waals surface area contributed by atoms with Crippen LogP contribution >= 0.6 is 0 Å². The third-order valence-electron chi connectivity index (χ3n) is 4.46. The van der Waals surface area contributed by atoms with Gasteiger partial charge in [-0.2, -0.15) is 4.98 Å². The van der Waals surface area contributed by atoms with Gasteiger partial charge in [0.05, 0.1) is 0 Å². The standard InChI is InChI=1S/C18H24N4O2/c1-3-7-16-13-22(18(23)17-19-14(2)24-20-17)11-10-21(16)12-15-8-5-4-6-9-15/h4-6,8-9,16H,3,7,10-13H2,1-2H3/t16-/m0/s1. The van der Waals surface area contributed by atoms with Crippen molar-refractivity contribution in [1.29, 1.82) is 0 Å². The molecule has 6 heteroatoms. The van der Waals surface area contributed by atoms with Gasteiger partial charge >= 0.3 is 0 Å². The van der Waals surface area contributed by atoms with Crippen LogP contribution < -0.4 is 0 Å². The number of carbonyl (C=O) groups is 1. The van der Waals surface area contributed by atoms with Gasteiger partial charge in [0.25, 0.3) is 11.7 Å². The maximum Gasteiger partial charge on any atom is 0.295 e. The molecule has 0 unspecified atom stereocenters. The van der Waals surface area contributed by atoms with Crippen molar-refractivity contribution in [1.82, 2.24) is 19.9 Å². The van der Waals surface area contributed by atoms with E-state index >= 15 is 0 Å². The first-order chi connectivity index (χ1) is 11.7. The molecule has 2 heterocycles. The molecule has 0 N–H and O–H groups in total. The second kappa shape index (κ2) is 7.57. The van der Waals surface area contributed by atoms with Crippen LogP contribution in [-0.4, -0.2) is 51.5 Å². The molecule has 0 spiro atoms. The minimum atomic E-state index is -0.132. The van der Waals surface area contributed by atoms with Crippen LogP contribution in [0.4, 0.5) is 0 Å². The second-order valence-corrected chi connectivity index (χ2v) is 6.29. The Morgan fingerprint density at radius 2 is 2.08 bits per heavy atom. The first kappa shape index (κ1) is 16.6. The molecule has 128 valence electrons. The van der Waals surface area contributed by atoms with E-state index in [4.69, 9.17) is 4.52 Å². The number of nitrogens with zero attached hydrogens (tertiary/aromatic N) is 4. The van der Waals surface area contributed by atoms with Gasteiger partial charge < -0.3 is 9.42 Å². The first-order valence-corrected chi connectivity index (χ1v) is 8.55. The van der Waals surface area contributed by atoms with Gasteiger partial charge in [-0.25, -0.2) is 0 Å². The van der Waals surface area contributed by atoms with E-state index in [0.717, 1.165) is 25.9 Å². The van der Waals surface area contributed by atoms with Crippen molar-refractivity contribution in [3.8, 4) is 0 Å². The van der Waals surface area contributed by atoms with Crippen LogP contribution in [0.3, 0.4) is 0 Å². The minimum absolute atomic E-state index is 0.132. The summed E-state index contributed by atoms with van der Waals surface area (Å²) in [5, 5.41) is 3.76. The minimum Gasteiger partial charge on any atom is -0.339 e. The summed E-state index contributed by atoms with van der Waals surface area (Å²) < 4.78 is 4.93. The monoisotopic (exact) mass is 328 g/mol. The van der Waals surface area contributed by atoms with E-state index in [1.807, 2.05) is 11.0 Å². The Morgan fingerprint density at radius 1 is 1.29 bits per heavy atom. The fourth-order valence-electron chi connectivity index (χ4n) is 3.24. The highest BCUT2D eigenvalue weighted by Crippen LogP contribution is 2.19. The van der Waals surface area contributed by atoms with Crippen molar-refractivity contribution >= 4 is 5.91 Å². The number of piperazine rings is 1. The van der Waals surface area contributed by atoms with Gasteiger partial charge in [-0.1, -0.05) is 48.8 Å². The highest BCUT2D eigenvalue weighted by molar-refractivity contribution is 5.90. The van der Waals surface area contributed by atoms with Gasteiger partial charge in [0, 0.05) is 39.1 Å². The van der Waals surface area contributed by atoms with Crippen LogP contribution in [0, 0.1) is 6.92 Å². The number of aryl methyl sites for hydroxylation is 1. The van der Waals surface area contributed by atoms with E-state index in [2.05, 4.69) is 46.2 Å². The smallest absolute Gasteiger partial charge is 0.295 e. The molecule has 24 heavy (non-hydrogen) atoms. The molecule has 3 rings (SSSR count). The van der Waals surface area contributed by atoms with Gasteiger partial charge in [-0.05, 0) is 12.0 Å². The first-order valence-electron chi connectivity index (χ1n) is 8.55. The molecule has 1 aliphatic rings. The molecule has 0 aliphatic carbocycles. The lowest BCUT2D eigenvalue weighted by Gasteiger charge is -2.41. The molecule has 0 radical (unpaired) electrons. The maximum atomic E-state index is 12.6. The van der Waals surface area contributed by atoms with Gasteiger partial charge in [-0.3, -0.25) is 9.69 Å². The summed E-state index contributed by atoms with van der Waals surface area (Å²) in [6, 6.07) is 10.9. The Kier molecular flexibility index (Phi) is 5.25. The van der Waals surface area contributed by atoms with Crippen LogP contribution in [-0.2, 0) is 6.54 Å². The topological polar surface area (TPSA) is 62.5 Å². The van der Waals surface area contributed by atoms with Crippen LogP contribution in [0.15, 0.2) is 34.9 Å². The quantitative estimate of drug-likeness (QED) is 0.844. The van der Waals surface area contributed by atoms with E-state index in [-0.39, 0.29) is 11.7 Å². The largest absolute Gasteiger partial charge is 0.339 e. The average molecular weight is 328 g/mol. The van der Waals surface area contributed by atoms with Gasteiger partial charge in [0.15, 0.2) is 0 Å². The Labute approximate surface area is 142 Å². The number of hydrogen-bond donors (Lipinski definition) is 0. The summed E-state index contributed by atoms with van der Waals surface area (Å²) in [5.74, 6) is 0.456. The molecule has 1 atom stereocenters. The van der Waals surface area contributed by atoms with Crippen LogP contribution in [0.2, 0.25) is 0 Å². The third-order valence-corrected chi connectivity index (χ3v) is 4.46. The van der Waals surface area contributed by atoms with Crippen molar-refractivity contribution in [3.63, 3.8) is 0 Å². The van der Waals surface area contributed by atoms with E-state index in [1.165, 1.54) is 5.56 Å². The molecule has 1 amide bonds. The maximum absolute atomic E-state index is 12.6. The summed E-state index contributed by atoms with van der Waals surface area (Å²) in [6.45, 7) is 7.08. The van der Waals surface area contributed by atoms with E-state index < -0.39 is 0 Å². The lowest BCUT2D eigenvalue weighted by molar-refractivity contribution is 0.0426. The van der Waals surface area contributed by atoms with Crippen LogP contribution in [0.1, 0.15) is 41.8 Å². The van der Waals surface area contributed by atoms with Crippen molar-refractivity contribution in [2.45, 2.75) is 39.3 Å². The summed E-state index contributed by atoms with van der Waals surface area (Å²) in [6.07, 6.45) is 2.17. The lowest BCUT2D eigenvalue weighted by Crippen LogP contribution is -2.54. The van der Waals surface area contributed by atoms with Crippen molar-refractivity contribution in [2.24, 2.45) is 0 Å². The molecular formula is C18H24N4O2. The zero-order valence-electron chi connectivity index (χ0n) is 14.3. The zero-order valence-corrected chi connectivity index (χ0v) is 14.3. The number of amides is 1. The van der Waals surface area contributed by atoms with Gasteiger partial charge in [-0.15, -0.1) is 0 Å². The summed E-state index contributed by atoms with van der Waals surface area (Å²) in [7, 11) is 0. The van der Waals surface area contributed by atoms with E-state index in [9.17, 15) is 4.79 Å². The molecule has 2 aromatic rings. The summed E-state index contributed by atoms with van der Waals surface area (Å²) in [4.78, 5) is 20.9. The Balaban J connectivity index is 1.67. The fraction of sp³-hybridized carbons (Fsp3) is 0.500. The van der Waals surface area contributed by atoms with E-state index in [0.29, 0.717) is 25.0 Å². The van der Waals surface area contributed by atoms with E-state index in [1.54, 1.807) is 6.92 Å². The molecule has 1 aliphatic heterocycles. The predicted molar refractivity (Wildman–Crippen MR) is 90.5 cm³/mol. The summed E-state index contributed by atoms with van der Waals surface area (Å²) >= 11 is 0. The molecule has 0 saturated carbocycles. The Bertz CT molecular complexity index is 671. The normalized spacial score (nSPS) is 18.8. The molecule has 1 aromatic carbocycles. The molecular weight excluding hydrogens is 304 g/mol. The third kappa shape index (κ3) is 3.82. The Morgan fingerprint density at radius 3 is 2.75 bits per heavy atom. The Hall–Kier alpha value is -2.21. The van der Waals surface area contributed by atoms with Gasteiger partial charge in [0.2, 0.25) is 5.89 Å². The van der Waals surface area contributed by atoms with Crippen molar-refractivity contribution in [3.05, 3.63) is 47.6 Å². The number of benzene rings is 1. The molecule has 1 fully saturated rings. The van der Waals surface area contributed by atoms with Crippen molar-refractivity contribution in [2.75, 3.05) is 19.6 Å². The number of hydrogen-bond acceptors (Lipinski definition) is 5. The fourth-order valence-corrected chi connectivity index (χ4v) is 3.24. The molecule has 0 bridgehead atoms.